The summed E-state index contributed by atoms with van der Waals surface area (Å²) in [5.41, 5.74) is 7.56. The van der Waals surface area contributed by atoms with Gasteiger partial charge in [0, 0.05) is 0 Å². The van der Waals surface area contributed by atoms with Crippen molar-refractivity contribution in [3.63, 3.8) is 0 Å². The minimum Gasteiger partial charge on any atom is -0.369 e. The highest BCUT2D eigenvalue weighted by molar-refractivity contribution is 5.87. The van der Waals surface area contributed by atoms with Crippen molar-refractivity contribution in [1.29, 1.82) is 0 Å². The number of primary amides is 1. The molecule has 0 aromatic heterocycles. The zero-order valence-corrected chi connectivity index (χ0v) is 11.2. The van der Waals surface area contributed by atoms with E-state index in [0.29, 0.717) is 5.92 Å². The van der Waals surface area contributed by atoms with Crippen LogP contribution in [-0.2, 0) is 10.2 Å². The number of hydrogen-bond donors (Lipinski definition) is 2. The van der Waals surface area contributed by atoms with Crippen LogP contribution in [0.5, 0.6) is 0 Å². The zero-order chi connectivity index (χ0) is 13.2. The van der Waals surface area contributed by atoms with Crippen molar-refractivity contribution < 1.29 is 4.79 Å². The van der Waals surface area contributed by atoms with E-state index in [0.717, 1.165) is 31.5 Å². The van der Waals surface area contributed by atoms with Crippen LogP contribution in [0.2, 0.25) is 0 Å². The van der Waals surface area contributed by atoms with Crippen LogP contribution < -0.4 is 11.1 Å². The van der Waals surface area contributed by atoms with Crippen LogP contribution in [0.4, 0.5) is 0 Å². The van der Waals surface area contributed by atoms with Crippen LogP contribution in [0.3, 0.4) is 0 Å². The van der Waals surface area contributed by atoms with Gasteiger partial charge in [0.1, 0.15) is 0 Å². The standard InChI is InChI=1S/C15H22N2O/c1-11(2)12-3-5-13(6-4-12)15(14(16)18)7-9-17-10-8-15/h3-6,11,17H,7-10H2,1-2H3,(H2,16,18). The summed E-state index contributed by atoms with van der Waals surface area (Å²) in [5, 5.41) is 3.29. The molecule has 0 radical (unpaired) electrons. The van der Waals surface area contributed by atoms with Crippen molar-refractivity contribution in [3.8, 4) is 0 Å². The van der Waals surface area contributed by atoms with Gasteiger partial charge in [-0.15, -0.1) is 0 Å². The van der Waals surface area contributed by atoms with Gasteiger partial charge < -0.3 is 11.1 Å². The summed E-state index contributed by atoms with van der Waals surface area (Å²) in [4.78, 5) is 11.9. The van der Waals surface area contributed by atoms with Crippen LogP contribution in [0, 0.1) is 0 Å². The maximum Gasteiger partial charge on any atom is 0.228 e. The van der Waals surface area contributed by atoms with Crippen molar-refractivity contribution in [3.05, 3.63) is 35.4 Å². The first-order chi connectivity index (χ1) is 8.56. The molecule has 1 aromatic rings. The number of nitrogens with two attached hydrogens (primary N) is 1. The molecule has 1 amide bonds. The Morgan fingerprint density at radius 1 is 1.22 bits per heavy atom. The lowest BCUT2D eigenvalue weighted by molar-refractivity contribution is -0.124. The van der Waals surface area contributed by atoms with Crippen molar-refractivity contribution in [2.45, 2.75) is 38.0 Å². The Labute approximate surface area is 109 Å². The molecular weight excluding hydrogens is 224 g/mol. The molecule has 1 heterocycles. The second-order valence-electron chi connectivity index (χ2n) is 5.47. The molecule has 0 spiro atoms. The Morgan fingerprint density at radius 3 is 2.22 bits per heavy atom. The van der Waals surface area contributed by atoms with Gasteiger partial charge in [0.15, 0.2) is 0 Å². The zero-order valence-electron chi connectivity index (χ0n) is 11.2. The molecule has 0 atom stereocenters. The average molecular weight is 246 g/mol. The topological polar surface area (TPSA) is 55.1 Å². The lowest BCUT2D eigenvalue weighted by atomic mass is 9.72. The Morgan fingerprint density at radius 2 is 1.78 bits per heavy atom. The summed E-state index contributed by atoms with van der Waals surface area (Å²) in [6, 6.07) is 8.39. The fraction of sp³-hybridized carbons (Fsp3) is 0.533. The molecule has 98 valence electrons. The predicted octanol–water partition coefficient (Wildman–Crippen LogP) is 1.92. The van der Waals surface area contributed by atoms with E-state index in [1.54, 1.807) is 0 Å². The van der Waals surface area contributed by atoms with Crippen molar-refractivity contribution in [2.75, 3.05) is 13.1 Å². The third-order valence-electron chi connectivity index (χ3n) is 4.06. The molecule has 2 rings (SSSR count). The van der Waals surface area contributed by atoms with Gasteiger partial charge in [0.05, 0.1) is 5.41 Å². The Kier molecular flexibility index (Phi) is 3.71. The van der Waals surface area contributed by atoms with Crippen LogP contribution >= 0.6 is 0 Å². The molecule has 0 aliphatic carbocycles. The molecule has 0 bridgehead atoms. The number of benzene rings is 1. The molecule has 18 heavy (non-hydrogen) atoms. The van der Waals surface area contributed by atoms with Crippen LogP contribution in [0.15, 0.2) is 24.3 Å². The summed E-state index contributed by atoms with van der Waals surface area (Å²) >= 11 is 0. The Bertz CT molecular complexity index is 417. The number of nitrogens with one attached hydrogen (secondary N) is 1. The molecule has 1 saturated heterocycles. The SMILES string of the molecule is CC(C)c1ccc(C2(C(N)=O)CCNCC2)cc1. The highest BCUT2D eigenvalue weighted by atomic mass is 16.1. The van der Waals surface area contributed by atoms with Gasteiger partial charge in [-0.3, -0.25) is 4.79 Å². The van der Waals surface area contributed by atoms with Gasteiger partial charge in [-0.25, -0.2) is 0 Å². The minimum absolute atomic E-state index is 0.193. The van der Waals surface area contributed by atoms with Crippen LogP contribution in [-0.4, -0.2) is 19.0 Å². The fourth-order valence-corrected chi connectivity index (χ4v) is 2.72. The predicted molar refractivity (Wildman–Crippen MR) is 73.5 cm³/mol. The molecular formula is C15H22N2O. The lowest BCUT2D eigenvalue weighted by Crippen LogP contribution is -2.48. The Hall–Kier alpha value is -1.35. The summed E-state index contributed by atoms with van der Waals surface area (Å²) < 4.78 is 0. The number of carbonyl (C=O) groups excluding carboxylic acids is 1. The largest absolute Gasteiger partial charge is 0.369 e. The molecule has 3 heteroatoms. The van der Waals surface area contributed by atoms with Crippen molar-refractivity contribution in [1.82, 2.24) is 5.32 Å². The first-order valence-corrected chi connectivity index (χ1v) is 6.67. The maximum atomic E-state index is 11.9. The molecule has 0 unspecified atom stereocenters. The van der Waals surface area contributed by atoms with Crippen LogP contribution in [0.25, 0.3) is 0 Å². The van der Waals surface area contributed by atoms with Gasteiger partial charge in [0.25, 0.3) is 0 Å². The first kappa shape index (κ1) is 13.1. The molecule has 1 aliphatic rings. The Balaban J connectivity index is 2.34. The van der Waals surface area contributed by atoms with E-state index in [1.165, 1.54) is 5.56 Å². The van der Waals surface area contributed by atoms with Crippen molar-refractivity contribution in [2.24, 2.45) is 5.73 Å². The fourth-order valence-electron chi connectivity index (χ4n) is 2.72. The first-order valence-electron chi connectivity index (χ1n) is 6.67. The second kappa shape index (κ2) is 5.11. The normalized spacial score (nSPS) is 18.8. The number of amides is 1. The van der Waals surface area contributed by atoms with Gasteiger partial charge in [-0.05, 0) is 43.0 Å². The van der Waals surface area contributed by atoms with Gasteiger partial charge in [0.2, 0.25) is 5.91 Å². The average Bonchev–Trinajstić information content (AvgIpc) is 2.39. The summed E-state index contributed by atoms with van der Waals surface area (Å²) in [6.45, 7) is 6.05. The third-order valence-corrected chi connectivity index (χ3v) is 4.06. The minimum atomic E-state index is -0.471. The molecule has 3 N–H and O–H groups in total. The highest BCUT2D eigenvalue weighted by Crippen LogP contribution is 2.33. The van der Waals surface area contributed by atoms with E-state index >= 15 is 0 Å². The molecule has 1 fully saturated rings. The van der Waals surface area contributed by atoms with E-state index < -0.39 is 5.41 Å². The maximum absolute atomic E-state index is 11.9. The molecule has 1 aromatic carbocycles. The van der Waals surface area contributed by atoms with Crippen LogP contribution in [0.1, 0.15) is 43.7 Å². The van der Waals surface area contributed by atoms with E-state index in [2.05, 4.69) is 43.4 Å². The number of rotatable bonds is 3. The second-order valence-corrected chi connectivity index (χ2v) is 5.47. The number of piperidine rings is 1. The van der Waals surface area contributed by atoms with E-state index in [-0.39, 0.29) is 5.91 Å². The van der Waals surface area contributed by atoms with Crippen molar-refractivity contribution >= 4 is 5.91 Å². The lowest BCUT2D eigenvalue weighted by Gasteiger charge is -2.35. The monoisotopic (exact) mass is 246 g/mol. The number of carbonyl (C=O) groups is 1. The smallest absolute Gasteiger partial charge is 0.228 e. The summed E-state index contributed by atoms with van der Waals surface area (Å²) in [7, 11) is 0. The third kappa shape index (κ3) is 2.27. The van der Waals surface area contributed by atoms with E-state index in [4.69, 9.17) is 5.73 Å². The summed E-state index contributed by atoms with van der Waals surface area (Å²) in [6.07, 6.45) is 1.59. The van der Waals surface area contributed by atoms with E-state index in [9.17, 15) is 4.79 Å². The number of hydrogen-bond acceptors (Lipinski definition) is 2. The van der Waals surface area contributed by atoms with E-state index in [1.807, 2.05) is 0 Å². The van der Waals surface area contributed by atoms with Gasteiger partial charge >= 0.3 is 0 Å². The summed E-state index contributed by atoms with van der Waals surface area (Å²) in [5.74, 6) is 0.317. The molecule has 0 saturated carbocycles. The molecule has 1 aliphatic heterocycles. The van der Waals surface area contributed by atoms with Gasteiger partial charge in [-0.1, -0.05) is 38.1 Å². The quantitative estimate of drug-likeness (QED) is 0.856. The van der Waals surface area contributed by atoms with Gasteiger partial charge in [-0.2, -0.15) is 0 Å². The highest BCUT2D eigenvalue weighted by Gasteiger charge is 2.39. The molecule has 3 nitrogen and oxygen atoms in total.